The summed E-state index contributed by atoms with van der Waals surface area (Å²) in [7, 11) is 0. The largest absolute Gasteiger partial charge is 0.294 e. The number of rotatable bonds is 3. The normalized spacial score (nSPS) is 10.8. The molecule has 0 heterocycles. The van der Waals surface area contributed by atoms with Gasteiger partial charge in [-0.2, -0.15) is 0 Å². The van der Waals surface area contributed by atoms with Gasteiger partial charge in [0.25, 0.3) is 0 Å². The zero-order chi connectivity index (χ0) is 10.6. The molecule has 0 bridgehead atoms. The smallest absolute Gasteiger partial charge is 0.159 e. The van der Waals surface area contributed by atoms with E-state index in [1.807, 2.05) is 0 Å². The van der Waals surface area contributed by atoms with Crippen LogP contribution < -0.4 is 0 Å². The van der Waals surface area contributed by atoms with E-state index in [9.17, 15) is 9.18 Å². The monoisotopic (exact) mass is 256 g/mol. The van der Waals surface area contributed by atoms with Gasteiger partial charge in [-0.05, 0) is 46.6 Å². The predicted molar refractivity (Wildman–Crippen MR) is 57.6 cm³/mol. The summed E-state index contributed by atoms with van der Waals surface area (Å²) in [5, 5.41) is 0. The second-order valence-corrected chi connectivity index (χ2v) is 3.75. The van der Waals surface area contributed by atoms with Crippen LogP contribution >= 0.6 is 15.9 Å². The van der Waals surface area contributed by atoms with Crippen molar-refractivity contribution in [1.82, 2.24) is 0 Å². The molecule has 1 aromatic carbocycles. The molecule has 0 atom stereocenters. The van der Waals surface area contributed by atoms with Crippen LogP contribution in [0.4, 0.5) is 4.39 Å². The molecule has 0 fully saturated rings. The molecule has 1 aromatic rings. The van der Waals surface area contributed by atoms with E-state index in [4.69, 9.17) is 0 Å². The third-order valence-electron chi connectivity index (χ3n) is 1.71. The van der Waals surface area contributed by atoms with Gasteiger partial charge < -0.3 is 0 Å². The Hall–Kier alpha value is -0.960. The first-order valence-electron chi connectivity index (χ1n) is 4.23. The van der Waals surface area contributed by atoms with Crippen molar-refractivity contribution in [3.05, 3.63) is 46.2 Å². The van der Waals surface area contributed by atoms with Crippen molar-refractivity contribution in [3.8, 4) is 0 Å². The molecule has 0 saturated heterocycles. The second kappa shape index (κ2) is 5.05. The van der Waals surface area contributed by atoms with E-state index in [1.54, 1.807) is 25.1 Å². The number of benzene rings is 1. The molecule has 0 amide bonds. The molecule has 0 spiro atoms. The molecule has 0 aliphatic heterocycles. The molecule has 14 heavy (non-hydrogen) atoms. The maximum absolute atomic E-state index is 12.8. The Balaban J connectivity index is 2.78. The molecule has 0 N–H and O–H groups in total. The summed E-state index contributed by atoms with van der Waals surface area (Å²) in [4.78, 5) is 11.2. The predicted octanol–water partition coefficient (Wildman–Crippen LogP) is 3.28. The average molecular weight is 257 g/mol. The van der Waals surface area contributed by atoms with E-state index in [0.717, 1.165) is 5.56 Å². The summed E-state index contributed by atoms with van der Waals surface area (Å²) >= 11 is 3.07. The number of ketones is 1. The highest BCUT2D eigenvalue weighted by molar-refractivity contribution is 9.10. The summed E-state index contributed by atoms with van der Waals surface area (Å²) in [6, 6.07) is 4.58. The third-order valence-corrected chi connectivity index (χ3v) is 2.32. The molecule has 1 nitrogen and oxygen atoms in total. The van der Waals surface area contributed by atoms with Crippen LogP contribution in [-0.4, -0.2) is 5.78 Å². The van der Waals surface area contributed by atoms with Crippen molar-refractivity contribution in [2.24, 2.45) is 0 Å². The van der Waals surface area contributed by atoms with Crippen molar-refractivity contribution < 1.29 is 9.18 Å². The number of carbonyl (C=O) groups excluding carboxylic acids is 1. The van der Waals surface area contributed by atoms with E-state index >= 15 is 0 Å². The average Bonchev–Trinajstić information content (AvgIpc) is 2.12. The standard InChI is InChI=1S/C11H10BrFO/c1-2-3-9(14)6-8-4-5-11(13)10(12)7-8/h2-5,7H,6H2,1H3/b3-2+. The zero-order valence-corrected chi connectivity index (χ0v) is 9.34. The lowest BCUT2D eigenvalue weighted by Crippen LogP contribution is -1.98. The minimum atomic E-state index is -0.313. The molecule has 0 aliphatic carbocycles. The summed E-state index contributed by atoms with van der Waals surface area (Å²) in [6.07, 6.45) is 3.52. The van der Waals surface area contributed by atoms with Gasteiger partial charge in [0, 0.05) is 6.42 Å². The lowest BCUT2D eigenvalue weighted by atomic mass is 10.1. The minimum absolute atomic E-state index is 0.0195. The lowest BCUT2D eigenvalue weighted by molar-refractivity contribution is -0.114. The van der Waals surface area contributed by atoms with Gasteiger partial charge in [0.1, 0.15) is 5.82 Å². The Morgan fingerprint density at radius 3 is 2.86 bits per heavy atom. The molecular weight excluding hydrogens is 247 g/mol. The highest BCUT2D eigenvalue weighted by atomic mass is 79.9. The van der Waals surface area contributed by atoms with E-state index in [0.29, 0.717) is 10.9 Å². The molecule has 0 aliphatic rings. The van der Waals surface area contributed by atoms with E-state index in [1.165, 1.54) is 12.1 Å². The number of halogens is 2. The van der Waals surface area contributed by atoms with Gasteiger partial charge in [-0.25, -0.2) is 4.39 Å². The molecule has 3 heteroatoms. The summed E-state index contributed by atoms with van der Waals surface area (Å²) in [5.41, 5.74) is 0.807. The van der Waals surface area contributed by atoms with Crippen LogP contribution in [0.3, 0.4) is 0 Å². The van der Waals surface area contributed by atoms with Crippen LogP contribution in [-0.2, 0) is 11.2 Å². The van der Waals surface area contributed by atoms with Gasteiger partial charge in [-0.1, -0.05) is 12.1 Å². The zero-order valence-electron chi connectivity index (χ0n) is 7.76. The Morgan fingerprint density at radius 1 is 1.57 bits per heavy atom. The lowest BCUT2D eigenvalue weighted by Gasteiger charge is -1.99. The first-order chi connectivity index (χ1) is 6.63. The molecule has 0 saturated carbocycles. The van der Waals surface area contributed by atoms with Gasteiger partial charge in [-0.15, -0.1) is 0 Å². The fourth-order valence-electron chi connectivity index (χ4n) is 1.10. The van der Waals surface area contributed by atoms with Crippen molar-refractivity contribution in [1.29, 1.82) is 0 Å². The molecule has 74 valence electrons. The van der Waals surface area contributed by atoms with Gasteiger partial charge in [0.05, 0.1) is 4.47 Å². The second-order valence-electron chi connectivity index (χ2n) is 2.89. The fraction of sp³-hybridized carbons (Fsp3) is 0.182. The summed E-state index contributed by atoms with van der Waals surface area (Å²) in [5.74, 6) is -0.293. The maximum Gasteiger partial charge on any atom is 0.159 e. The maximum atomic E-state index is 12.8. The topological polar surface area (TPSA) is 17.1 Å². The number of hydrogen-bond donors (Lipinski definition) is 0. The van der Waals surface area contributed by atoms with Crippen LogP contribution in [0, 0.1) is 5.82 Å². The third kappa shape index (κ3) is 3.07. The van der Waals surface area contributed by atoms with Crippen molar-refractivity contribution in [3.63, 3.8) is 0 Å². The van der Waals surface area contributed by atoms with Gasteiger partial charge >= 0.3 is 0 Å². The molecule has 0 unspecified atom stereocenters. The van der Waals surface area contributed by atoms with Crippen LogP contribution in [0.5, 0.6) is 0 Å². The Kier molecular flexibility index (Phi) is 4.01. The molecule has 1 rings (SSSR count). The Labute approximate surface area is 90.8 Å². The first-order valence-corrected chi connectivity index (χ1v) is 5.02. The van der Waals surface area contributed by atoms with E-state index < -0.39 is 0 Å². The van der Waals surface area contributed by atoms with Gasteiger partial charge in [0.2, 0.25) is 0 Å². The highest BCUT2D eigenvalue weighted by Gasteiger charge is 2.03. The van der Waals surface area contributed by atoms with Crippen LogP contribution in [0.1, 0.15) is 12.5 Å². The summed E-state index contributed by atoms with van der Waals surface area (Å²) < 4.78 is 13.2. The molecule has 0 aromatic heterocycles. The summed E-state index contributed by atoms with van der Waals surface area (Å²) in [6.45, 7) is 1.79. The minimum Gasteiger partial charge on any atom is -0.294 e. The van der Waals surface area contributed by atoms with Gasteiger partial charge in [0.15, 0.2) is 5.78 Å². The SMILES string of the molecule is C/C=C/C(=O)Cc1ccc(F)c(Br)c1. The van der Waals surface area contributed by atoms with Crippen LogP contribution in [0.15, 0.2) is 34.8 Å². The number of hydrogen-bond acceptors (Lipinski definition) is 1. The van der Waals surface area contributed by atoms with Gasteiger partial charge in [-0.3, -0.25) is 4.79 Å². The van der Waals surface area contributed by atoms with Crippen molar-refractivity contribution in [2.75, 3.05) is 0 Å². The van der Waals surface area contributed by atoms with Crippen LogP contribution in [0.25, 0.3) is 0 Å². The van der Waals surface area contributed by atoms with Crippen LogP contribution in [0.2, 0.25) is 0 Å². The fourth-order valence-corrected chi connectivity index (χ4v) is 1.52. The Bertz CT molecular complexity index is 372. The number of carbonyl (C=O) groups is 1. The molecular formula is C11H10BrFO. The first kappa shape index (κ1) is 11.1. The van der Waals surface area contributed by atoms with E-state index in [2.05, 4.69) is 15.9 Å². The Morgan fingerprint density at radius 2 is 2.29 bits per heavy atom. The quantitative estimate of drug-likeness (QED) is 0.759. The van der Waals surface area contributed by atoms with Crippen molar-refractivity contribution >= 4 is 21.7 Å². The number of allylic oxidation sites excluding steroid dienone is 2. The van der Waals surface area contributed by atoms with Crippen molar-refractivity contribution in [2.45, 2.75) is 13.3 Å². The highest BCUT2D eigenvalue weighted by Crippen LogP contribution is 2.17. The molecule has 0 radical (unpaired) electrons. The van der Waals surface area contributed by atoms with E-state index in [-0.39, 0.29) is 11.6 Å².